The van der Waals surface area contributed by atoms with Gasteiger partial charge in [0, 0.05) is 13.1 Å². The van der Waals surface area contributed by atoms with E-state index in [4.69, 9.17) is 15.6 Å². The lowest BCUT2D eigenvalue weighted by molar-refractivity contribution is -0.145. The predicted molar refractivity (Wildman–Crippen MR) is 47.5 cm³/mol. The van der Waals surface area contributed by atoms with Gasteiger partial charge in [0.1, 0.15) is 6.04 Å². The molecule has 0 aromatic carbocycles. The van der Waals surface area contributed by atoms with Crippen molar-refractivity contribution in [3.05, 3.63) is 0 Å². The van der Waals surface area contributed by atoms with Crippen LogP contribution in [0.25, 0.3) is 0 Å². The summed E-state index contributed by atoms with van der Waals surface area (Å²) in [4.78, 5) is 12.8. The molecule has 0 radical (unpaired) electrons. The molecule has 1 atom stereocenters. The zero-order valence-corrected chi connectivity index (χ0v) is 7.61. The fourth-order valence-electron chi connectivity index (χ4n) is 1.51. The first-order valence-corrected chi connectivity index (χ1v) is 4.50. The van der Waals surface area contributed by atoms with Crippen molar-refractivity contribution < 1.29 is 14.6 Å². The van der Waals surface area contributed by atoms with E-state index in [2.05, 4.69) is 0 Å². The quantitative estimate of drug-likeness (QED) is 0.599. The molecule has 0 bridgehead atoms. The Labute approximate surface area is 77.5 Å². The van der Waals surface area contributed by atoms with E-state index in [9.17, 15) is 4.79 Å². The summed E-state index contributed by atoms with van der Waals surface area (Å²) in [6.07, 6.45) is 0.509. The smallest absolute Gasteiger partial charge is 0.320 e. The van der Waals surface area contributed by atoms with E-state index in [1.165, 1.54) is 0 Å². The second-order valence-corrected chi connectivity index (χ2v) is 3.08. The standard InChI is InChI=1S/C8H16N2O3/c9-2-1-7(8(11)12)10-3-5-13-6-4-10/h7H,1-6,9H2,(H,11,12). The van der Waals surface area contributed by atoms with Crippen LogP contribution >= 0.6 is 0 Å². The third-order valence-corrected chi connectivity index (χ3v) is 2.21. The summed E-state index contributed by atoms with van der Waals surface area (Å²) >= 11 is 0. The molecule has 0 saturated carbocycles. The molecule has 1 fully saturated rings. The molecule has 1 heterocycles. The average molecular weight is 188 g/mol. The highest BCUT2D eigenvalue weighted by Gasteiger charge is 2.25. The summed E-state index contributed by atoms with van der Waals surface area (Å²) in [5.74, 6) is -0.785. The van der Waals surface area contributed by atoms with Gasteiger partial charge in [0.15, 0.2) is 0 Å². The first-order valence-electron chi connectivity index (χ1n) is 4.50. The van der Waals surface area contributed by atoms with Gasteiger partial charge in [-0.3, -0.25) is 9.69 Å². The van der Waals surface area contributed by atoms with E-state index in [0.717, 1.165) is 0 Å². The topological polar surface area (TPSA) is 75.8 Å². The van der Waals surface area contributed by atoms with Crippen LogP contribution in [0.5, 0.6) is 0 Å². The highest BCUT2D eigenvalue weighted by molar-refractivity contribution is 5.73. The maximum absolute atomic E-state index is 10.9. The van der Waals surface area contributed by atoms with Gasteiger partial charge in [0.25, 0.3) is 0 Å². The minimum atomic E-state index is -0.785. The predicted octanol–water partition coefficient (Wildman–Crippen LogP) is -0.879. The lowest BCUT2D eigenvalue weighted by Crippen LogP contribution is -2.48. The van der Waals surface area contributed by atoms with Crippen molar-refractivity contribution in [2.24, 2.45) is 5.73 Å². The van der Waals surface area contributed by atoms with Gasteiger partial charge in [0.05, 0.1) is 13.2 Å². The maximum atomic E-state index is 10.9. The van der Waals surface area contributed by atoms with Gasteiger partial charge in [0.2, 0.25) is 0 Å². The molecule has 5 heteroatoms. The van der Waals surface area contributed by atoms with Crippen molar-refractivity contribution >= 4 is 5.97 Å². The lowest BCUT2D eigenvalue weighted by atomic mass is 10.1. The number of carboxylic acids is 1. The number of hydrogen-bond donors (Lipinski definition) is 2. The highest BCUT2D eigenvalue weighted by Crippen LogP contribution is 2.07. The van der Waals surface area contributed by atoms with E-state index in [1.807, 2.05) is 4.90 Å². The third-order valence-electron chi connectivity index (χ3n) is 2.21. The zero-order valence-electron chi connectivity index (χ0n) is 7.61. The Morgan fingerprint density at radius 2 is 2.15 bits per heavy atom. The SMILES string of the molecule is NCCC(C(=O)O)N1CCOCC1. The van der Waals surface area contributed by atoms with E-state index >= 15 is 0 Å². The number of carbonyl (C=O) groups is 1. The summed E-state index contributed by atoms with van der Waals surface area (Å²) in [5, 5.41) is 8.92. The van der Waals surface area contributed by atoms with Crippen molar-refractivity contribution in [2.45, 2.75) is 12.5 Å². The van der Waals surface area contributed by atoms with Crippen molar-refractivity contribution in [2.75, 3.05) is 32.8 Å². The molecule has 0 spiro atoms. The molecule has 1 rings (SSSR count). The van der Waals surface area contributed by atoms with E-state index in [-0.39, 0.29) is 0 Å². The number of nitrogens with zero attached hydrogens (tertiary/aromatic N) is 1. The van der Waals surface area contributed by atoms with Crippen molar-refractivity contribution in [1.82, 2.24) is 4.90 Å². The Morgan fingerprint density at radius 3 is 2.62 bits per heavy atom. The Balaban J connectivity index is 2.46. The molecule has 76 valence electrons. The molecule has 0 aromatic rings. The molecule has 13 heavy (non-hydrogen) atoms. The Hall–Kier alpha value is -0.650. The summed E-state index contributed by atoms with van der Waals surface area (Å²) in [6, 6.07) is -0.436. The third kappa shape index (κ3) is 2.95. The second kappa shape index (κ2) is 5.16. The fourth-order valence-corrected chi connectivity index (χ4v) is 1.51. The first-order chi connectivity index (χ1) is 6.25. The minimum Gasteiger partial charge on any atom is -0.480 e. The summed E-state index contributed by atoms with van der Waals surface area (Å²) in [7, 11) is 0. The molecule has 1 aliphatic rings. The Bertz CT molecular complexity index is 169. The summed E-state index contributed by atoms with van der Waals surface area (Å²) in [5.41, 5.74) is 5.35. The largest absolute Gasteiger partial charge is 0.480 e. The molecule has 1 aliphatic heterocycles. The lowest BCUT2D eigenvalue weighted by Gasteiger charge is -2.31. The van der Waals surface area contributed by atoms with Gasteiger partial charge < -0.3 is 15.6 Å². The molecule has 0 amide bonds. The maximum Gasteiger partial charge on any atom is 0.320 e. The van der Waals surface area contributed by atoms with Crippen LogP contribution in [0.3, 0.4) is 0 Å². The van der Waals surface area contributed by atoms with Crippen LogP contribution in [0, 0.1) is 0 Å². The fraction of sp³-hybridized carbons (Fsp3) is 0.875. The molecule has 1 saturated heterocycles. The van der Waals surface area contributed by atoms with Crippen LogP contribution in [-0.2, 0) is 9.53 Å². The zero-order chi connectivity index (χ0) is 9.68. The van der Waals surface area contributed by atoms with Crippen LogP contribution in [0.1, 0.15) is 6.42 Å². The molecular formula is C8H16N2O3. The number of nitrogens with two attached hydrogens (primary N) is 1. The van der Waals surface area contributed by atoms with Crippen molar-refractivity contribution in [3.8, 4) is 0 Å². The number of ether oxygens (including phenoxy) is 1. The normalized spacial score (nSPS) is 21.3. The molecule has 3 N–H and O–H groups in total. The van der Waals surface area contributed by atoms with Crippen LogP contribution in [-0.4, -0.2) is 54.9 Å². The van der Waals surface area contributed by atoms with E-state index in [1.54, 1.807) is 0 Å². The Kier molecular flexibility index (Phi) is 4.14. The first kappa shape index (κ1) is 10.4. The number of rotatable bonds is 4. The number of aliphatic carboxylic acids is 1. The highest BCUT2D eigenvalue weighted by atomic mass is 16.5. The van der Waals surface area contributed by atoms with E-state index < -0.39 is 12.0 Å². The molecule has 0 aromatic heterocycles. The van der Waals surface area contributed by atoms with Crippen LogP contribution < -0.4 is 5.73 Å². The molecule has 0 aliphatic carbocycles. The van der Waals surface area contributed by atoms with Crippen molar-refractivity contribution in [3.63, 3.8) is 0 Å². The molecular weight excluding hydrogens is 172 g/mol. The number of carboxylic acid groups (broad SMARTS) is 1. The van der Waals surface area contributed by atoms with Gasteiger partial charge in [-0.2, -0.15) is 0 Å². The number of hydrogen-bond acceptors (Lipinski definition) is 4. The van der Waals surface area contributed by atoms with Gasteiger partial charge in [-0.1, -0.05) is 0 Å². The number of morpholine rings is 1. The second-order valence-electron chi connectivity index (χ2n) is 3.08. The summed E-state index contributed by atoms with van der Waals surface area (Å²) in [6.45, 7) is 3.03. The van der Waals surface area contributed by atoms with Crippen molar-refractivity contribution in [1.29, 1.82) is 0 Å². The average Bonchev–Trinajstić information content (AvgIpc) is 2.15. The van der Waals surface area contributed by atoms with Gasteiger partial charge >= 0.3 is 5.97 Å². The molecule has 1 unspecified atom stereocenters. The van der Waals surface area contributed by atoms with E-state index in [0.29, 0.717) is 39.3 Å². The van der Waals surface area contributed by atoms with Crippen LogP contribution in [0.2, 0.25) is 0 Å². The molecule has 5 nitrogen and oxygen atoms in total. The summed E-state index contributed by atoms with van der Waals surface area (Å²) < 4.78 is 5.14. The van der Waals surface area contributed by atoms with Gasteiger partial charge in [-0.25, -0.2) is 0 Å². The Morgan fingerprint density at radius 1 is 1.54 bits per heavy atom. The van der Waals surface area contributed by atoms with Gasteiger partial charge in [-0.15, -0.1) is 0 Å². The van der Waals surface area contributed by atoms with Crippen LogP contribution in [0.15, 0.2) is 0 Å². The van der Waals surface area contributed by atoms with Crippen LogP contribution in [0.4, 0.5) is 0 Å². The van der Waals surface area contributed by atoms with Gasteiger partial charge in [-0.05, 0) is 13.0 Å². The monoisotopic (exact) mass is 188 g/mol. The minimum absolute atomic E-state index is 0.411.